The fourth-order valence-electron chi connectivity index (χ4n) is 4.05. The van der Waals surface area contributed by atoms with Gasteiger partial charge in [-0.05, 0) is 42.0 Å². The van der Waals surface area contributed by atoms with Crippen molar-refractivity contribution in [3.05, 3.63) is 95.7 Å². The molecule has 5 rings (SSSR count). The molecule has 4 aromatic rings. The topological polar surface area (TPSA) is 59.2 Å². The van der Waals surface area contributed by atoms with Crippen molar-refractivity contribution in [2.45, 2.75) is 25.3 Å². The van der Waals surface area contributed by atoms with Crippen molar-refractivity contribution in [2.75, 3.05) is 6.54 Å². The molecule has 1 amide bonds. The molecule has 0 radical (unpaired) electrons. The summed E-state index contributed by atoms with van der Waals surface area (Å²) in [5.41, 5.74) is 1.40. The minimum atomic E-state index is -0.265. The van der Waals surface area contributed by atoms with Crippen molar-refractivity contribution in [3.8, 4) is 0 Å². The van der Waals surface area contributed by atoms with Gasteiger partial charge in [-0.1, -0.05) is 36.4 Å². The lowest BCUT2D eigenvalue weighted by molar-refractivity contribution is 0.0711. The average Bonchev–Trinajstić information content (AvgIpc) is 3.44. The van der Waals surface area contributed by atoms with E-state index in [2.05, 4.69) is 9.97 Å². The molecule has 0 saturated carbocycles. The van der Waals surface area contributed by atoms with E-state index in [4.69, 9.17) is 4.42 Å². The van der Waals surface area contributed by atoms with E-state index in [1.54, 1.807) is 24.5 Å². The Morgan fingerprint density at radius 2 is 1.93 bits per heavy atom. The van der Waals surface area contributed by atoms with Gasteiger partial charge in [0.1, 0.15) is 23.3 Å². The summed E-state index contributed by atoms with van der Waals surface area (Å²) >= 11 is 0. The molecule has 6 heteroatoms. The van der Waals surface area contributed by atoms with Crippen LogP contribution in [0.3, 0.4) is 0 Å². The predicted molar refractivity (Wildman–Crippen MR) is 110 cm³/mol. The first-order valence-corrected chi connectivity index (χ1v) is 10.0. The van der Waals surface area contributed by atoms with Crippen molar-refractivity contribution in [1.29, 1.82) is 0 Å². The fraction of sp³-hybridized carbons (Fsp3) is 0.208. The maximum Gasteiger partial charge on any atom is 0.273 e. The van der Waals surface area contributed by atoms with Gasteiger partial charge in [-0.25, -0.2) is 9.37 Å². The van der Waals surface area contributed by atoms with Gasteiger partial charge in [-0.2, -0.15) is 0 Å². The second kappa shape index (κ2) is 7.71. The number of carbonyl (C=O) groups excluding carboxylic acids is 1. The van der Waals surface area contributed by atoms with Gasteiger partial charge in [0, 0.05) is 24.5 Å². The van der Waals surface area contributed by atoms with Gasteiger partial charge < -0.3 is 9.32 Å². The highest BCUT2D eigenvalue weighted by molar-refractivity contribution is 6.05. The summed E-state index contributed by atoms with van der Waals surface area (Å²) in [5, 5.41) is 1.84. The third-order valence-corrected chi connectivity index (χ3v) is 5.54. The molecular formula is C24H20FN3O2. The summed E-state index contributed by atoms with van der Waals surface area (Å²) in [6.45, 7) is 0.643. The molecule has 1 aliphatic rings. The summed E-state index contributed by atoms with van der Waals surface area (Å²) in [5.74, 6) is 0.865. The highest BCUT2D eigenvalue weighted by Gasteiger charge is 2.35. The van der Waals surface area contributed by atoms with Crippen molar-refractivity contribution in [1.82, 2.24) is 14.9 Å². The number of halogens is 1. The van der Waals surface area contributed by atoms with Crippen molar-refractivity contribution >= 4 is 16.7 Å². The molecule has 1 fully saturated rings. The van der Waals surface area contributed by atoms with Crippen LogP contribution in [-0.4, -0.2) is 27.3 Å². The van der Waals surface area contributed by atoms with E-state index in [-0.39, 0.29) is 17.8 Å². The van der Waals surface area contributed by atoms with Crippen molar-refractivity contribution < 1.29 is 13.6 Å². The molecule has 0 aliphatic carbocycles. The maximum atomic E-state index is 13.3. The number of nitrogens with zero attached hydrogens (tertiary/aromatic N) is 3. The van der Waals surface area contributed by atoms with E-state index in [9.17, 15) is 9.18 Å². The number of oxazole rings is 1. The van der Waals surface area contributed by atoms with Crippen LogP contribution in [0.15, 0.2) is 71.4 Å². The van der Waals surface area contributed by atoms with Gasteiger partial charge in [0.25, 0.3) is 5.91 Å². The number of likely N-dealkylation sites (tertiary alicyclic amines) is 1. The van der Waals surface area contributed by atoms with Crippen LogP contribution in [0.25, 0.3) is 10.8 Å². The highest BCUT2D eigenvalue weighted by atomic mass is 19.1. The van der Waals surface area contributed by atoms with E-state index >= 15 is 0 Å². The zero-order valence-corrected chi connectivity index (χ0v) is 16.3. The number of pyridine rings is 1. The number of hydrogen-bond donors (Lipinski definition) is 0. The van der Waals surface area contributed by atoms with Crippen LogP contribution in [0.5, 0.6) is 0 Å². The third-order valence-electron chi connectivity index (χ3n) is 5.54. The van der Waals surface area contributed by atoms with Gasteiger partial charge in [0.15, 0.2) is 0 Å². The number of aromatic nitrogens is 2. The van der Waals surface area contributed by atoms with Crippen LogP contribution < -0.4 is 0 Å². The van der Waals surface area contributed by atoms with Crippen LogP contribution in [-0.2, 0) is 6.42 Å². The molecule has 2 aromatic heterocycles. The molecular weight excluding hydrogens is 381 g/mol. The van der Waals surface area contributed by atoms with Crippen LogP contribution in [0.2, 0.25) is 0 Å². The number of benzene rings is 2. The molecule has 0 bridgehead atoms. The molecule has 3 heterocycles. The molecule has 2 aromatic carbocycles. The number of hydrogen-bond acceptors (Lipinski definition) is 4. The molecule has 0 N–H and O–H groups in total. The minimum absolute atomic E-state index is 0.104. The second-order valence-electron chi connectivity index (χ2n) is 7.51. The zero-order valence-electron chi connectivity index (χ0n) is 16.3. The van der Waals surface area contributed by atoms with Crippen LogP contribution in [0, 0.1) is 5.82 Å². The Labute approximate surface area is 173 Å². The summed E-state index contributed by atoms with van der Waals surface area (Å²) < 4.78 is 19.1. The highest BCUT2D eigenvalue weighted by Crippen LogP contribution is 2.33. The van der Waals surface area contributed by atoms with Crippen LogP contribution in [0.4, 0.5) is 4.39 Å². The Morgan fingerprint density at radius 1 is 1.10 bits per heavy atom. The number of rotatable bonds is 4. The van der Waals surface area contributed by atoms with Gasteiger partial charge in [0.05, 0.1) is 6.20 Å². The summed E-state index contributed by atoms with van der Waals surface area (Å²) in [6.07, 6.45) is 5.57. The molecule has 1 saturated heterocycles. The Hall–Kier alpha value is -3.54. The first kappa shape index (κ1) is 18.5. The third kappa shape index (κ3) is 3.45. The summed E-state index contributed by atoms with van der Waals surface area (Å²) in [7, 11) is 0. The van der Waals surface area contributed by atoms with E-state index in [0.717, 1.165) is 29.2 Å². The van der Waals surface area contributed by atoms with E-state index < -0.39 is 0 Å². The largest absolute Gasteiger partial charge is 0.443 e. The predicted octanol–water partition coefficient (Wildman–Crippen LogP) is 4.93. The Morgan fingerprint density at radius 3 is 2.80 bits per heavy atom. The summed E-state index contributed by atoms with van der Waals surface area (Å²) in [6, 6.07) is 15.8. The van der Waals surface area contributed by atoms with E-state index in [0.29, 0.717) is 30.3 Å². The second-order valence-corrected chi connectivity index (χ2v) is 7.51. The van der Waals surface area contributed by atoms with E-state index in [1.807, 2.05) is 35.2 Å². The molecule has 30 heavy (non-hydrogen) atoms. The van der Waals surface area contributed by atoms with Crippen LogP contribution >= 0.6 is 0 Å². The van der Waals surface area contributed by atoms with Gasteiger partial charge in [-0.3, -0.25) is 9.78 Å². The lowest BCUT2D eigenvalue weighted by Gasteiger charge is -2.22. The number of amides is 1. The molecule has 1 atom stereocenters. The standard InChI is InChI=1S/C24H20FN3O2/c25-18-9-7-16(8-10-18)14-19-15-27-23(30-19)21-6-3-13-28(21)24(29)22-20-5-2-1-4-17(20)11-12-26-22/h1-2,4-5,7-12,15,21H,3,6,13-14H2/t21-/m0/s1. The lowest BCUT2D eigenvalue weighted by atomic mass is 10.1. The quantitative estimate of drug-likeness (QED) is 0.487. The smallest absolute Gasteiger partial charge is 0.273 e. The zero-order chi connectivity index (χ0) is 20.5. The maximum absolute atomic E-state index is 13.3. The van der Waals surface area contributed by atoms with Gasteiger partial charge in [-0.15, -0.1) is 0 Å². The molecule has 5 nitrogen and oxygen atoms in total. The first-order chi connectivity index (χ1) is 14.7. The number of carbonyl (C=O) groups is 1. The van der Waals surface area contributed by atoms with Crippen LogP contribution in [0.1, 0.15) is 46.6 Å². The lowest BCUT2D eigenvalue weighted by Crippen LogP contribution is -2.31. The van der Waals surface area contributed by atoms with Gasteiger partial charge in [0.2, 0.25) is 5.89 Å². The Bertz CT molecular complexity index is 1200. The summed E-state index contributed by atoms with van der Waals surface area (Å²) in [4.78, 5) is 24.0. The average molecular weight is 401 g/mol. The monoisotopic (exact) mass is 401 g/mol. The molecule has 150 valence electrons. The number of fused-ring (bicyclic) bond motifs is 1. The van der Waals surface area contributed by atoms with E-state index in [1.165, 1.54) is 12.1 Å². The van der Waals surface area contributed by atoms with Crippen molar-refractivity contribution in [2.24, 2.45) is 0 Å². The molecule has 0 spiro atoms. The fourth-order valence-corrected chi connectivity index (χ4v) is 4.05. The normalized spacial score (nSPS) is 16.3. The minimum Gasteiger partial charge on any atom is -0.443 e. The first-order valence-electron chi connectivity index (χ1n) is 10.0. The Kier molecular flexibility index (Phi) is 4.75. The van der Waals surface area contributed by atoms with Gasteiger partial charge >= 0.3 is 0 Å². The Balaban J connectivity index is 1.39. The SMILES string of the molecule is O=C(c1nccc2ccccc12)N1CCC[C@H]1c1ncc(Cc2ccc(F)cc2)o1. The molecule has 0 unspecified atom stereocenters. The van der Waals surface area contributed by atoms with Crippen molar-refractivity contribution in [3.63, 3.8) is 0 Å². The molecule has 1 aliphatic heterocycles.